The van der Waals surface area contributed by atoms with Crippen LogP contribution in [0.4, 0.5) is 10.9 Å². The lowest BCUT2D eigenvalue weighted by Crippen LogP contribution is -2.35. The molecule has 1 saturated heterocycles. The van der Waals surface area contributed by atoms with Crippen LogP contribution in [0.5, 0.6) is 0 Å². The maximum Gasteiger partial charge on any atom is 0.267 e. The number of anilines is 2. The van der Waals surface area contributed by atoms with Crippen LogP contribution in [0.1, 0.15) is 22.5 Å². The molecule has 2 rings (SSSR count). The smallest absolute Gasteiger partial charge is 0.267 e. The zero-order valence-electron chi connectivity index (χ0n) is 12.3. The third-order valence-electron chi connectivity index (χ3n) is 3.35. The maximum absolute atomic E-state index is 12.4. The number of carbonyl (C=O) groups excluding carboxylic acids is 1. The van der Waals surface area contributed by atoms with Gasteiger partial charge in [0.15, 0.2) is 5.13 Å². The molecule has 2 N–H and O–H groups in total. The first-order valence-electron chi connectivity index (χ1n) is 6.76. The van der Waals surface area contributed by atoms with E-state index in [1.807, 2.05) is 26.0 Å². The van der Waals surface area contributed by atoms with E-state index in [1.165, 1.54) is 11.3 Å². The first kappa shape index (κ1) is 15.1. The first-order chi connectivity index (χ1) is 9.49. The van der Waals surface area contributed by atoms with Crippen molar-refractivity contribution in [3.63, 3.8) is 0 Å². The van der Waals surface area contributed by atoms with Gasteiger partial charge in [-0.25, -0.2) is 4.98 Å². The molecule has 1 fully saturated rings. The minimum atomic E-state index is -0.0568. The number of aromatic nitrogens is 1. The molecule has 1 aliphatic rings. The monoisotopic (exact) mass is 298 g/mol. The van der Waals surface area contributed by atoms with Crippen molar-refractivity contribution >= 4 is 28.2 Å². The lowest BCUT2D eigenvalue weighted by atomic mass is 10.0. The summed E-state index contributed by atoms with van der Waals surface area (Å²) in [7, 11) is 5.58. The number of hydrogen-bond acceptors (Lipinski definition) is 6. The van der Waals surface area contributed by atoms with Crippen molar-refractivity contribution in [3.8, 4) is 0 Å². The fourth-order valence-corrected chi connectivity index (χ4v) is 3.16. The third kappa shape index (κ3) is 3.40. The van der Waals surface area contributed by atoms with E-state index in [4.69, 9.17) is 10.5 Å². The van der Waals surface area contributed by atoms with Gasteiger partial charge in [-0.1, -0.05) is 11.3 Å². The van der Waals surface area contributed by atoms with Crippen molar-refractivity contribution in [2.45, 2.75) is 12.8 Å². The Labute approximate surface area is 123 Å². The zero-order valence-corrected chi connectivity index (χ0v) is 13.1. The summed E-state index contributed by atoms with van der Waals surface area (Å²) in [4.78, 5) is 20.7. The van der Waals surface area contributed by atoms with Crippen LogP contribution in [-0.2, 0) is 4.74 Å². The zero-order chi connectivity index (χ0) is 14.7. The second kappa shape index (κ2) is 6.41. The molecule has 1 atom stereocenters. The SMILES string of the molecule is CN(CC1CCCOC1)C(=O)c1sc(N(C)C)nc1N. The Morgan fingerprint density at radius 1 is 1.50 bits per heavy atom. The highest BCUT2D eigenvalue weighted by Gasteiger charge is 2.23. The quantitative estimate of drug-likeness (QED) is 0.907. The molecule has 112 valence electrons. The molecule has 1 aliphatic heterocycles. The van der Waals surface area contributed by atoms with Crippen LogP contribution >= 0.6 is 11.3 Å². The minimum absolute atomic E-state index is 0.0568. The maximum atomic E-state index is 12.4. The summed E-state index contributed by atoms with van der Waals surface area (Å²) >= 11 is 1.33. The molecule has 2 heterocycles. The van der Waals surface area contributed by atoms with E-state index in [9.17, 15) is 4.79 Å². The van der Waals surface area contributed by atoms with Gasteiger partial charge < -0.3 is 20.3 Å². The molecule has 0 bridgehead atoms. The highest BCUT2D eigenvalue weighted by atomic mass is 32.1. The lowest BCUT2D eigenvalue weighted by Gasteiger charge is -2.26. The van der Waals surface area contributed by atoms with Gasteiger partial charge in [0.05, 0.1) is 6.61 Å². The number of carbonyl (C=O) groups is 1. The number of nitrogen functional groups attached to an aromatic ring is 1. The van der Waals surface area contributed by atoms with E-state index >= 15 is 0 Å². The number of amides is 1. The molecule has 1 unspecified atom stereocenters. The fourth-order valence-electron chi connectivity index (χ4n) is 2.26. The normalized spacial score (nSPS) is 18.9. The van der Waals surface area contributed by atoms with Crippen LogP contribution in [-0.4, -0.2) is 56.7 Å². The second-order valence-corrected chi connectivity index (χ2v) is 6.35. The highest BCUT2D eigenvalue weighted by Crippen LogP contribution is 2.28. The molecular formula is C13H22N4O2S. The standard InChI is InChI=1S/C13H22N4O2S/c1-16(2)13-15-11(14)10(20-13)12(18)17(3)7-9-5-4-6-19-8-9/h9H,4-8,14H2,1-3H3. The van der Waals surface area contributed by atoms with Crippen molar-refractivity contribution in [1.29, 1.82) is 0 Å². The van der Waals surface area contributed by atoms with E-state index in [-0.39, 0.29) is 5.91 Å². The Hall–Kier alpha value is -1.34. The third-order valence-corrected chi connectivity index (χ3v) is 4.58. The summed E-state index contributed by atoms with van der Waals surface area (Å²) in [6, 6.07) is 0. The van der Waals surface area contributed by atoms with Gasteiger partial charge in [0, 0.05) is 34.3 Å². The molecule has 0 radical (unpaired) electrons. The molecule has 0 spiro atoms. The summed E-state index contributed by atoms with van der Waals surface area (Å²) in [6.45, 7) is 2.27. The van der Waals surface area contributed by atoms with Crippen molar-refractivity contribution < 1.29 is 9.53 Å². The van der Waals surface area contributed by atoms with E-state index in [0.717, 1.165) is 31.2 Å². The molecular weight excluding hydrogens is 276 g/mol. The lowest BCUT2D eigenvalue weighted by molar-refractivity contribution is 0.0390. The van der Waals surface area contributed by atoms with E-state index < -0.39 is 0 Å². The van der Waals surface area contributed by atoms with Crippen molar-refractivity contribution in [3.05, 3.63) is 4.88 Å². The van der Waals surface area contributed by atoms with Crippen LogP contribution < -0.4 is 10.6 Å². The van der Waals surface area contributed by atoms with Crippen molar-refractivity contribution in [2.24, 2.45) is 5.92 Å². The predicted octanol–water partition coefficient (Wildman–Crippen LogP) is 1.29. The number of nitrogens with zero attached hydrogens (tertiary/aromatic N) is 3. The minimum Gasteiger partial charge on any atom is -0.382 e. The summed E-state index contributed by atoms with van der Waals surface area (Å²) in [6.07, 6.45) is 2.18. The molecule has 0 aliphatic carbocycles. The Morgan fingerprint density at radius 2 is 2.25 bits per heavy atom. The fraction of sp³-hybridized carbons (Fsp3) is 0.692. The number of hydrogen-bond donors (Lipinski definition) is 1. The number of ether oxygens (including phenoxy) is 1. The van der Waals surface area contributed by atoms with Crippen LogP contribution in [0.2, 0.25) is 0 Å². The largest absolute Gasteiger partial charge is 0.382 e. The topological polar surface area (TPSA) is 71.7 Å². The van der Waals surface area contributed by atoms with Crippen LogP contribution in [0.3, 0.4) is 0 Å². The number of thiazole rings is 1. The average Bonchev–Trinajstić information content (AvgIpc) is 2.81. The summed E-state index contributed by atoms with van der Waals surface area (Å²) in [5.41, 5.74) is 5.85. The van der Waals surface area contributed by atoms with Crippen molar-refractivity contribution in [1.82, 2.24) is 9.88 Å². The molecule has 0 aromatic carbocycles. The Balaban J connectivity index is 2.02. The van der Waals surface area contributed by atoms with Gasteiger partial charge in [0.2, 0.25) is 0 Å². The Kier molecular flexibility index (Phi) is 4.82. The van der Waals surface area contributed by atoms with Gasteiger partial charge >= 0.3 is 0 Å². The molecule has 1 aromatic rings. The summed E-state index contributed by atoms with van der Waals surface area (Å²) in [5.74, 6) is 0.675. The molecule has 0 saturated carbocycles. The summed E-state index contributed by atoms with van der Waals surface area (Å²) in [5, 5.41) is 0.750. The van der Waals surface area contributed by atoms with E-state index in [1.54, 1.807) is 4.90 Å². The Bertz CT molecular complexity index is 469. The molecule has 20 heavy (non-hydrogen) atoms. The summed E-state index contributed by atoms with van der Waals surface area (Å²) < 4.78 is 5.45. The van der Waals surface area contributed by atoms with Crippen LogP contribution in [0.25, 0.3) is 0 Å². The molecule has 6 nitrogen and oxygen atoms in total. The Morgan fingerprint density at radius 3 is 2.80 bits per heavy atom. The van der Waals surface area contributed by atoms with Gasteiger partial charge in [0.25, 0.3) is 5.91 Å². The number of nitrogens with two attached hydrogens (primary N) is 1. The number of rotatable bonds is 4. The second-order valence-electron chi connectivity index (χ2n) is 5.37. The van der Waals surface area contributed by atoms with Crippen molar-refractivity contribution in [2.75, 3.05) is 51.5 Å². The van der Waals surface area contributed by atoms with Crippen LogP contribution in [0, 0.1) is 5.92 Å². The average molecular weight is 298 g/mol. The molecule has 7 heteroatoms. The molecule has 1 aromatic heterocycles. The van der Waals surface area contributed by atoms with Gasteiger partial charge in [0.1, 0.15) is 10.7 Å². The van der Waals surface area contributed by atoms with Crippen LogP contribution in [0.15, 0.2) is 0 Å². The predicted molar refractivity (Wildman–Crippen MR) is 81.4 cm³/mol. The van der Waals surface area contributed by atoms with E-state index in [0.29, 0.717) is 23.2 Å². The van der Waals surface area contributed by atoms with Gasteiger partial charge in [-0.05, 0) is 18.8 Å². The van der Waals surface area contributed by atoms with Gasteiger partial charge in [-0.3, -0.25) is 4.79 Å². The first-order valence-corrected chi connectivity index (χ1v) is 7.57. The van der Waals surface area contributed by atoms with Gasteiger partial charge in [-0.15, -0.1) is 0 Å². The van der Waals surface area contributed by atoms with Gasteiger partial charge in [-0.2, -0.15) is 0 Å². The molecule has 1 amide bonds. The highest BCUT2D eigenvalue weighted by molar-refractivity contribution is 7.18. The van der Waals surface area contributed by atoms with E-state index in [2.05, 4.69) is 4.98 Å².